The SMILES string of the molecule is O=C(COc1ccccc1Cc1ccccc1)Nc1cc(Cl)ccc1N1CCCCCC1. The van der Waals surface area contributed by atoms with Crippen LogP contribution in [0.4, 0.5) is 11.4 Å². The van der Waals surface area contributed by atoms with Crippen LogP contribution in [0.5, 0.6) is 5.75 Å². The van der Waals surface area contributed by atoms with Crippen LogP contribution in [0.15, 0.2) is 72.8 Å². The highest BCUT2D eigenvalue weighted by Gasteiger charge is 2.16. The molecule has 0 radical (unpaired) electrons. The molecule has 3 aromatic carbocycles. The molecule has 1 heterocycles. The Morgan fingerprint density at radius 3 is 2.41 bits per heavy atom. The summed E-state index contributed by atoms with van der Waals surface area (Å²) in [6.45, 7) is 1.93. The molecular formula is C27H29ClN2O2. The average Bonchev–Trinajstić information content (AvgIpc) is 3.09. The zero-order chi connectivity index (χ0) is 22.2. The number of carbonyl (C=O) groups is 1. The molecule has 0 aliphatic carbocycles. The van der Waals surface area contributed by atoms with Crippen molar-refractivity contribution in [1.29, 1.82) is 0 Å². The van der Waals surface area contributed by atoms with Gasteiger partial charge in [0.1, 0.15) is 5.75 Å². The van der Waals surface area contributed by atoms with Gasteiger partial charge in [0, 0.05) is 24.5 Å². The summed E-state index contributed by atoms with van der Waals surface area (Å²) in [6.07, 6.45) is 5.59. The lowest BCUT2D eigenvalue weighted by Crippen LogP contribution is -2.27. The summed E-state index contributed by atoms with van der Waals surface area (Å²) in [5, 5.41) is 3.62. The van der Waals surface area contributed by atoms with Gasteiger partial charge in [0.2, 0.25) is 0 Å². The Morgan fingerprint density at radius 2 is 1.62 bits per heavy atom. The third kappa shape index (κ3) is 6.04. The number of halogens is 1. The van der Waals surface area contributed by atoms with Crippen molar-refractivity contribution < 1.29 is 9.53 Å². The molecule has 0 unspecified atom stereocenters. The van der Waals surface area contributed by atoms with E-state index in [2.05, 4.69) is 22.3 Å². The summed E-state index contributed by atoms with van der Waals surface area (Å²) in [5.74, 6) is 0.531. The maximum absolute atomic E-state index is 12.8. The summed E-state index contributed by atoms with van der Waals surface area (Å²) in [7, 11) is 0. The lowest BCUT2D eigenvalue weighted by Gasteiger charge is -2.25. The second-order valence-corrected chi connectivity index (χ2v) is 8.61. The van der Waals surface area contributed by atoms with E-state index in [9.17, 15) is 4.79 Å². The Labute approximate surface area is 195 Å². The van der Waals surface area contributed by atoms with E-state index in [1.807, 2.05) is 60.7 Å². The lowest BCUT2D eigenvalue weighted by molar-refractivity contribution is -0.118. The number of ether oxygens (including phenoxy) is 1. The molecule has 3 aromatic rings. The molecule has 5 heteroatoms. The normalized spacial score (nSPS) is 14.0. The number of nitrogens with one attached hydrogen (secondary N) is 1. The summed E-state index contributed by atoms with van der Waals surface area (Å²) >= 11 is 6.24. The number of nitrogens with zero attached hydrogens (tertiary/aromatic N) is 1. The maximum Gasteiger partial charge on any atom is 0.262 e. The molecule has 0 atom stereocenters. The van der Waals surface area contributed by atoms with Crippen LogP contribution < -0.4 is 15.0 Å². The zero-order valence-electron chi connectivity index (χ0n) is 18.2. The van der Waals surface area contributed by atoms with Gasteiger partial charge in [-0.15, -0.1) is 0 Å². The van der Waals surface area contributed by atoms with Crippen LogP contribution in [-0.2, 0) is 11.2 Å². The van der Waals surface area contributed by atoms with Crippen molar-refractivity contribution in [1.82, 2.24) is 0 Å². The highest BCUT2D eigenvalue weighted by Crippen LogP contribution is 2.31. The largest absolute Gasteiger partial charge is 0.483 e. The molecule has 1 amide bonds. The Morgan fingerprint density at radius 1 is 0.906 bits per heavy atom. The number of hydrogen-bond donors (Lipinski definition) is 1. The van der Waals surface area contributed by atoms with E-state index in [1.54, 1.807) is 0 Å². The first-order valence-corrected chi connectivity index (χ1v) is 11.7. The first-order chi connectivity index (χ1) is 15.7. The molecule has 4 nitrogen and oxygen atoms in total. The van der Waals surface area contributed by atoms with Gasteiger partial charge >= 0.3 is 0 Å². The number of hydrogen-bond acceptors (Lipinski definition) is 3. The predicted molar refractivity (Wildman–Crippen MR) is 132 cm³/mol. The molecule has 0 aromatic heterocycles. The van der Waals surface area contributed by atoms with Gasteiger partial charge in [-0.3, -0.25) is 4.79 Å². The zero-order valence-corrected chi connectivity index (χ0v) is 19.0. The second-order valence-electron chi connectivity index (χ2n) is 8.17. The van der Waals surface area contributed by atoms with Gasteiger partial charge in [0.25, 0.3) is 5.91 Å². The third-order valence-electron chi connectivity index (χ3n) is 5.75. The number of carbonyl (C=O) groups excluding carboxylic acids is 1. The van der Waals surface area contributed by atoms with Gasteiger partial charge in [-0.1, -0.05) is 73.0 Å². The number of para-hydroxylation sites is 1. The average molecular weight is 449 g/mol. The van der Waals surface area contributed by atoms with Gasteiger partial charge in [0.15, 0.2) is 6.61 Å². The van der Waals surface area contributed by atoms with E-state index in [0.29, 0.717) is 5.02 Å². The molecule has 1 saturated heterocycles. The van der Waals surface area contributed by atoms with Crippen molar-refractivity contribution in [3.8, 4) is 5.75 Å². The fourth-order valence-electron chi connectivity index (χ4n) is 4.13. The molecule has 0 spiro atoms. The van der Waals surface area contributed by atoms with E-state index < -0.39 is 0 Å². The van der Waals surface area contributed by atoms with Crippen molar-refractivity contribution in [3.05, 3.63) is 88.9 Å². The summed E-state index contributed by atoms with van der Waals surface area (Å²) < 4.78 is 5.92. The van der Waals surface area contributed by atoms with E-state index >= 15 is 0 Å². The van der Waals surface area contributed by atoms with Crippen molar-refractivity contribution >= 4 is 28.9 Å². The van der Waals surface area contributed by atoms with E-state index in [4.69, 9.17) is 16.3 Å². The quantitative estimate of drug-likeness (QED) is 0.459. The van der Waals surface area contributed by atoms with Crippen molar-refractivity contribution in [2.45, 2.75) is 32.1 Å². The predicted octanol–water partition coefficient (Wildman–Crippen LogP) is 6.33. The Kier molecular flexibility index (Phi) is 7.68. The van der Waals surface area contributed by atoms with Crippen molar-refractivity contribution in [3.63, 3.8) is 0 Å². The molecule has 0 saturated carbocycles. The molecule has 1 aliphatic rings. The Balaban J connectivity index is 1.42. The lowest BCUT2D eigenvalue weighted by atomic mass is 10.0. The minimum atomic E-state index is -0.196. The fourth-order valence-corrected chi connectivity index (χ4v) is 4.30. The number of anilines is 2. The minimum absolute atomic E-state index is 0.0578. The van der Waals surface area contributed by atoms with Gasteiger partial charge in [-0.25, -0.2) is 0 Å². The molecule has 1 fully saturated rings. The van der Waals surface area contributed by atoms with Gasteiger partial charge in [-0.2, -0.15) is 0 Å². The second kappa shape index (κ2) is 11.1. The first kappa shape index (κ1) is 22.2. The van der Waals surface area contributed by atoms with Crippen LogP contribution in [0.2, 0.25) is 5.02 Å². The van der Waals surface area contributed by atoms with Crippen LogP contribution in [0.25, 0.3) is 0 Å². The van der Waals surface area contributed by atoms with Crippen molar-refractivity contribution in [2.24, 2.45) is 0 Å². The topological polar surface area (TPSA) is 41.6 Å². The monoisotopic (exact) mass is 448 g/mol. The van der Waals surface area contributed by atoms with Crippen LogP contribution in [-0.4, -0.2) is 25.6 Å². The smallest absolute Gasteiger partial charge is 0.262 e. The van der Waals surface area contributed by atoms with Crippen LogP contribution in [0.1, 0.15) is 36.8 Å². The van der Waals surface area contributed by atoms with Crippen LogP contribution in [0.3, 0.4) is 0 Å². The van der Waals surface area contributed by atoms with E-state index in [-0.39, 0.29) is 12.5 Å². The molecule has 0 bridgehead atoms. The van der Waals surface area contributed by atoms with Gasteiger partial charge in [0.05, 0.1) is 11.4 Å². The molecule has 32 heavy (non-hydrogen) atoms. The first-order valence-electron chi connectivity index (χ1n) is 11.3. The Bertz CT molecular complexity index is 1030. The molecule has 1 N–H and O–H groups in total. The third-order valence-corrected chi connectivity index (χ3v) is 5.98. The van der Waals surface area contributed by atoms with Gasteiger partial charge in [-0.05, 0) is 48.2 Å². The number of rotatable bonds is 7. The maximum atomic E-state index is 12.8. The molecular weight excluding hydrogens is 420 g/mol. The van der Waals surface area contributed by atoms with Gasteiger partial charge < -0.3 is 15.0 Å². The fraction of sp³-hybridized carbons (Fsp3) is 0.296. The highest BCUT2D eigenvalue weighted by atomic mass is 35.5. The highest BCUT2D eigenvalue weighted by molar-refractivity contribution is 6.31. The molecule has 4 rings (SSSR count). The van der Waals surface area contributed by atoms with Crippen LogP contribution in [0, 0.1) is 0 Å². The summed E-state index contributed by atoms with van der Waals surface area (Å²) in [4.78, 5) is 15.1. The Hall–Kier alpha value is -2.98. The number of benzene rings is 3. The standard InChI is InChI=1S/C27H29ClN2O2/c28-23-14-15-25(30-16-8-1-2-9-17-30)24(19-23)29-27(31)20-32-26-13-7-6-12-22(26)18-21-10-4-3-5-11-21/h3-7,10-15,19H,1-2,8-9,16-18,20H2,(H,29,31). The van der Waals surface area contributed by atoms with Crippen molar-refractivity contribution in [2.75, 3.05) is 29.9 Å². The molecule has 1 aliphatic heterocycles. The molecule has 166 valence electrons. The van der Waals surface area contributed by atoms with Crippen LogP contribution >= 0.6 is 11.6 Å². The summed E-state index contributed by atoms with van der Waals surface area (Å²) in [6, 6.07) is 23.8. The van der Waals surface area contributed by atoms with E-state index in [1.165, 1.54) is 18.4 Å². The minimum Gasteiger partial charge on any atom is -0.483 e. The number of amides is 1. The summed E-state index contributed by atoms with van der Waals surface area (Å²) in [5.41, 5.74) is 4.02. The van der Waals surface area contributed by atoms with E-state index in [0.717, 1.165) is 55.0 Å².